The van der Waals surface area contributed by atoms with Crippen LogP contribution < -0.4 is 10.1 Å². The lowest BCUT2D eigenvalue weighted by atomic mass is 9.92. The molecule has 2 heterocycles. The first-order valence-corrected chi connectivity index (χ1v) is 8.88. The van der Waals surface area contributed by atoms with E-state index >= 15 is 0 Å². The average molecular weight is 375 g/mol. The number of benzene rings is 2. The number of hydrogen-bond donors (Lipinski definition) is 1. The van der Waals surface area contributed by atoms with E-state index in [0.717, 1.165) is 5.56 Å². The van der Waals surface area contributed by atoms with Crippen LogP contribution in [0.5, 0.6) is 11.6 Å². The molecular weight excluding hydrogens is 358 g/mol. The van der Waals surface area contributed by atoms with Crippen molar-refractivity contribution in [3.05, 3.63) is 88.1 Å². The summed E-state index contributed by atoms with van der Waals surface area (Å²) >= 11 is 0. The van der Waals surface area contributed by atoms with Gasteiger partial charge in [0.25, 0.3) is 5.88 Å². The number of hydrogen-bond acceptors (Lipinski definition) is 6. The summed E-state index contributed by atoms with van der Waals surface area (Å²) in [6.07, 6.45) is 2.80. The molecule has 0 aliphatic carbocycles. The summed E-state index contributed by atoms with van der Waals surface area (Å²) in [7, 11) is 0. The van der Waals surface area contributed by atoms with Crippen molar-refractivity contribution in [2.45, 2.75) is 18.9 Å². The van der Waals surface area contributed by atoms with Crippen molar-refractivity contribution in [2.24, 2.45) is 0 Å². The van der Waals surface area contributed by atoms with Crippen LogP contribution in [0.4, 0.5) is 11.4 Å². The van der Waals surface area contributed by atoms with Gasteiger partial charge < -0.3 is 10.1 Å². The fourth-order valence-corrected chi connectivity index (χ4v) is 3.28. The predicted octanol–water partition coefficient (Wildman–Crippen LogP) is 4.39. The number of pyridine rings is 1. The van der Waals surface area contributed by atoms with E-state index in [0.29, 0.717) is 29.8 Å². The second-order valence-electron chi connectivity index (χ2n) is 6.44. The third kappa shape index (κ3) is 3.42. The van der Waals surface area contributed by atoms with Crippen molar-refractivity contribution < 1.29 is 14.5 Å². The Balaban J connectivity index is 1.64. The molecule has 7 heteroatoms. The van der Waals surface area contributed by atoms with Gasteiger partial charge in [-0.15, -0.1) is 0 Å². The van der Waals surface area contributed by atoms with Crippen LogP contribution in [0.3, 0.4) is 0 Å². The van der Waals surface area contributed by atoms with Crippen LogP contribution in [0.2, 0.25) is 0 Å². The Morgan fingerprint density at radius 2 is 1.93 bits per heavy atom. The number of ether oxygens (including phenoxy) is 1. The standard InChI is InChI=1S/C21H17N3O4/c25-20(15-6-2-1-3-7-15)16-12-11-14-8-4-10-18(19(14)23-16)28-21-17(24(26)27)9-5-13-22-21/h1-10,13,16,23H,11-12H2. The number of aromatic nitrogens is 1. The lowest BCUT2D eigenvalue weighted by Gasteiger charge is -2.27. The number of carbonyl (C=O) groups excluding carboxylic acids is 1. The Bertz CT molecular complexity index is 1040. The van der Waals surface area contributed by atoms with Crippen LogP contribution in [0.25, 0.3) is 0 Å². The second kappa shape index (κ2) is 7.48. The van der Waals surface area contributed by atoms with Gasteiger partial charge in [0, 0.05) is 17.8 Å². The number of aryl methyl sites for hydroxylation is 1. The summed E-state index contributed by atoms with van der Waals surface area (Å²) in [6, 6.07) is 17.0. The van der Waals surface area contributed by atoms with Gasteiger partial charge in [-0.3, -0.25) is 14.9 Å². The number of Topliss-reactive ketones (excluding diaryl/α,β-unsaturated/α-hetero) is 1. The van der Waals surface area contributed by atoms with Gasteiger partial charge in [-0.25, -0.2) is 4.98 Å². The third-order valence-electron chi connectivity index (χ3n) is 4.66. The van der Waals surface area contributed by atoms with E-state index in [2.05, 4.69) is 10.3 Å². The van der Waals surface area contributed by atoms with Crippen molar-refractivity contribution in [1.82, 2.24) is 4.98 Å². The zero-order valence-corrected chi connectivity index (χ0v) is 14.9. The number of nitrogens with one attached hydrogen (secondary N) is 1. The average Bonchev–Trinajstić information content (AvgIpc) is 2.74. The Morgan fingerprint density at radius 1 is 1.11 bits per heavy atom. The van der Waals surface area contributed by atoms with Gasteiger partial charge in [0.15, 0.2) is 11.5 Å². The summed E-state index contributed by atoms with van der Waals surface area (Å²) in [4.78, 5) is 27.5. The maximum Gasteiger partial charge on any atom is 0.331 e. The van der Waals surface area contributed by atoms with Crippen LogP contribution in [-0.4, -0.2) is 21.7 Å². The molecule has 1 aliphatic heterocycles. The number of nitro groups is 1. The van der Waals surface area contributed by atoms with Crippen molar-refractivity contribution >= 4 is 17.2 Å². The predicted molar refractivity (Wildman–Crippen MR) is 104 cm³/mol. The summed E-state index contributed by atoms with van der Waals surface area (Å²) in [5.74, 6) is 0.328. The fraction of sp³-hybridized carbons (Fsp3) is 0.143. The number of para-hydroxylation sites is 1. The summed E-state index contributed by atoms with van der Waals surface area (Å²) in [6.45, 7) is 0. The van der Waals surface area contributed by atoms with E-state index < -0.39 is 11.0 Å². The summed E-state index contributed by atoms with van der Waals surface area (Å²) in [5, 5.41) is 14.5. The molecule has 4 rings (SSSR count). The second-order valence-corrected chi connectivity index (χ2v) is 6.44. The lowest BCUT2D eigenvalue weighted by molar-refractivity contribution is -0.386. The van der Waals surface area contributed by atoms with Gasteiger partial charge in [-0.1, -0.05) is 42.5 Å². The minimum absolute atomic E-state index is 0.00451. The first kappa shape index (κ1) is 17.7. The Kier molecular flexibility index (Phi) is 4.72. The van der Waals surface area contributed by atoms with Crippen molar-refractivity contribution in [3.8, 4) is 11.6 Å². The molecule has 0 amide bonds. The Hall–Kier alpha value is -3.74. The molecule has 1 aromatic heterocycles. The molecule has 0 saturated heterocycles. The van der Waals surface area contributed by atoms with E-state index in [9.17, 15) is 14.9 Å². The molecule has 1 atom stereocenters. The number of rotatable bonds is 5. The molecule has 1 aliphatic rings. The molecule has 1 N–H and O–H groups in total. The van der Waals surface area contributed by atoms with Crippen LogP contribution in [-0.2, 0) is 6.42 Å². The van der Waals surface area contributed by atoms with Crippen LogP contribution in [0.15, 0.2) is 66.9 Å². The van der Waals surface area contributed by atoms with Crippen molar-refractivity contribution in [3.63, 3.8) is 0 Å². The molecular formula is C21H17N3O4. The first-order valence-electron chi connectivity index (χ1n) is 8.88. The maximum absolute atomic E-state index is 12.8. The highest BCUT2D eigenvalue weighted by molar-refractivity contribution is 6.02. The number of ketones is 1. The van der Waals surface area contributed by atoms with E-state index in [-0.39, 0.29) is 17.4 Å². The van der Waals surface area contributed by atoms with Crippen molar-refractivity contribution in [2.75, 3.05) is 5.32 Å². The van der Waals surface area contributed by atoms with E-state index in [1.165, 1.54) is 18.3 Å². The molecule has 28 heavy (non-hydrogen) atoms. The highest BCUT2D eigenvalue weighted by atomic mass is 16.6. The van der Waals surface area contributed by atoms with Crippen LogP contribution >= 0.6 is 0 Å². The van der Waals surface area contributed by atoms with Gasteiger partial charge in [-0.05, 0) is 30.5 Å². The van der Waals surface area contributed by atoms with Gasteiger partial charge in [0.2, 0.25) is 0 Å². The number of nitrogens with zero attached hydrogens (tertiary/aromatic N) is 2. The molecule has 3 aromatic rings. The monoisotopic (exact) mass is 375 g/mol. The molecule has 140 valence electrons. The molecule has 0 spiro atoms. The summed E-state index contributed by atoms with van der Waals surface area (Å²) < 4.78 is 5.78. The maximum atomic E-state index is 12.8. The smallest absolute Gasteiger partial charge is 0.331 e. The van der Waals surface area contributed by atoms with E-state index in [4.69, 9.17) is 4.74 Å². The SMILES string of the molecule is O=C(c1ccccc1)C1CCc2cccc(Oc3ncccc3[N+](=O)[O-])c2N1. The highest BCUT2D eigenvalue weighted by Gasteiger charge is 2.27. The minimum atomic E-state index is -0.535. The lowest BCUT2D eigenvalue weighted by Crippen LogP contribution is -2.33. The summed E-state index contributed by atoms with van der Waals surface area (Å²) in [5.41, 5.74) is 2.09. The minimum Gasteiger partial charge on any atom is -0.431 e. The normalized spacial score (nSPS) is 15.2. The molecule has 7 nitrogen and oxygen atoms in total. The molecule has 0 saturated carbocycles. The van der Waals surface area contributed by atoms with Crippen LogP contribution in [0.1, 0.15) is 22.3 Å². The zero-order chi connectivity index (χ0) is 19.5. The van der Waals surface area contributed by atoms with Crippen LogP contribution in [0, 0.1) is 10.1 Å². The largest absolute Gasteiger partial charge is 0.431 e. The van der Waals surface area contributed by atoms with Gasteiger partial charge in [-0.2, -0.15) is 0 Å². The molecule has 1 unspecified atom stereocenters. The number of fused-ring (bicyclic) bond motifs is 1. The number of anilines is 1. The zero-order valence-electron chi connectivity index (χ0n) is 14.9. The molecule has 0 bridgehead atoms. The Morgan fingerprint density at radius 3 is 2.71 bits per heavy atom. The first-order chi connectivity index (χ1) is 13.6. The van der Waals surface area contributed by atoms with Crippen molar-refractivity contribution in [1.29, 1.82) is 0 Å². The van der Waals surface area contributed by atoms with Gasteiger partial charge in [0.1, 0.15) is 0 Å². The molecule has 0 radical (unpaired) electrons. The van der Waals surface area contributed by atoms with E-state index in [1.807, 2.05) is 30.3 Å². The third-order valence-corrected chi connectivity index (χ3v) is 4.66. The number of carbonyl (C=O) groups is 1. The topological polar surface area (TPSA) is 94.4 Å². The van der Waals surface area contributed by atoms with Gasteiger partial charge in [0.05, 0.1) is 16.7 Å². The fourth-order valence-electron chi connectivity index (χ4n) is 3.28. The van der Waals surface area contributed by atoms with Gasteiger partial charge >= 0.3 is 5.69 Å². The highest BCUT2D eigenvalue weighted by Crippen LogP contribution is 2.38. The van der Waals surface area contributed by atoms with E-state index in [1.54, 1.807) is 18.2 Å². The molecule has 2 aromatic carbocycles. The molecule has 0 fully saturated rings. The quantitative estimate of drug-likeness (QED) is 0.404. The Labute approximate surface area is 161 Å².